The van der Waals surface area contributed by atoms with Gasteiger partial charge >= 0.3 is 0 Å². The average Bonchev–Trinajstić information content (AvgIpc) is 2.84. The van der Waals surface area contributed by atoms with Crippen molar-refractivity contribution in [3.63, 3.8) is 0 Å². The van der Waals surface area contributed by atoms with Crippen LogP contribution in [0.1, 0.15) is 24.6 Å². The second kappa shape index (κ2) is 5.43. The Kier molecular flexibility index (Phi) is 4.20. The van der Waals surface area contributed by atoms with Crippen molar-refractivity contribution in [1.29, 1.82) is 0 Å². The normalized spacial score (nSPS) is 23.2. The molecule has 0 unspecified atom stereocenters. The summed E-state index contributed by atoms with van der Waals surface area (Å²) in [5.41, 5.74) is 0. The number of rotatable bonds is 4. The topological polar surface area (TPSA) is 21.3 Å². The van der Waals surface area contributed by atoms with E-state index in [9.17, 15) is 0 Å². The van der Waals surface area contributed by atoms with Crippen molar-refractivity contribution >= 4 is 27.3 Å². The van der Waals surface area contributed by atoms with Crippen molar-refractivity contribution in [3.05, 3.63) is 20.8 Å². The zero-order chi connectivity index (χ0) is 10.7. The number of hydrogen-bond donors (Lipinski definition) is 1. The summed E-state index contributed by atoms with van der Waals surface area (Å²) in [5, 5.41) is 5.64. The highest BCUT2D eigenvalue weighted by atomic mass is 79.9. The van der Waals surface area contributed by atoms with Crippen LogP contribution in [0.4, 0.5) is 0 Å². The predicted octanol–water partition coefficient (Wildman–Crippen LogP) is 3.17. The minimum atomic E-state index is 0.411. The lowest BCUT2D eigenvalue weighted by Gasteiger charge is -2.19. The monoisotopic (exact) mass is 289 g/mol. The van der Waals surface area contributed by atoms with Gasteiger partial charge in [-0.25, -0.2) is 0 Å². The fourth-order valence-electron chi connectivity index (χ4n) is 1.84. The Labute approximate surface area is 103 Å². The van der Waals surface area contributed by atoms with Crippen LogP contribution in [0.3, 0.4) is 0 Å². The highest BCUT2D eigenvalue weighted by molar-refractivity contribution is 9.10. The maximum Gasteiger partial charge on any atom is 0.0726 e. The first-order chi connectivity index (χ1) is 7.25. The Bertz CT molecular complexity index is 309. The molecular formula is C11H16BrNOS. The number of nitrogens with one attached hydrogen (secondary N) is 1. The SMILES string of the molecule is C[C@H](NCc1cc(Br)cs1)[C@@H]1CCCO1. The molecule has 0 spiro atoms. The van der Waals surface area contributed by atoms with Gasteiger partial charge in [0.1, 0.15) is 0 Å². The largest absolute Gasteiger partial charge is 0.377 e. The first-order valence-electron chi connectivity index (χ1n) is 5.33. The molecule has 15 heavy (non-hydrogen) atoms. The van der Waals surface area contributed by atoms with E-state index in [1.807, 2.05) is 0 Å². The van der Waals surface area contributed by atoms with E-state index in [1.54, 1.807) is 11.3 Å². The van der Waals surface area contributed by atoms with Crippen LogP contribution in [0.2, 0.25) is 0 Å². The molecule has 1 aliphatic heterocycles. The summed E-state index contributed by atoms with van der Waals surface area (Å²) in [6, 6.07) is 2.62. The maximum atomic E-state index is 5.64. The van der Waals surface area contributed by atoms with Crippen LogP contribution in [-0.4, -0.2) is 18.8 Å². The van der Waals surface area contributed by atoms with Crippen LogP contribution < -0.4 is 5.32 Å². The van der Waals surface area contributed by atoms with Gasteiger partial charge < -0.3 is 10.1 Å². The minimum Gasteiger partial charge on any atom is -0.377 e. The van der Waals surface area contributed by atoms with E-state index in [0.29, 0.717) is 12.1 Å². The van der Waals surface area contributed by atoms with E-state index in [2.05, 4.69) is 39.6 Å². The van der Waals surface area contributed by atoms with Crippen molar-refractivity contribution in [3.8, 4) is 0 Å². The Morgan fingerprint density at radius 2 is 2.60 bits per heavy atom. The summed E-state index contributed by atoms with van der Waals surface area (Å²) in [5.74, 6) is 0. The molecule has 1 N–H and O–H groups in total. The van der Waals surface area contributed by atoms with Gasteiger partial charge in [0.05, 0.1) is 6.10 Å². The summed E-state index contributed by atoms with van der Waals surface area (Å²) in [6.07, 6.45) is 2.82. The molecule has 1 saturated heterocycles. The molecule has 2 rings (SSSR count). The fourth-order valence-corrected chi connectivity index (χ4v) is 3.24. The van der Waals surface area contributed by atoms with Crippen LogP contribution in [0.25, 0.3) is 0 Å². The lowest BCUT2D eigenvalue weighted by molar-refractivity contribution is 0.0833. The Hall–Kier alpha value is 0.1000. The molecule has 1 aromatic rings. The molecule has 0 bridgehead atoms. The van der Waals surface area contributed by atoms with E-state index in [1.165, 1.54) is 22.2 Å². The first-order valence-corrected chi connectivity index (χ1v) is 7.01. The van der Waals surface area contributed by atoms with E-state index in [4.69, 9.17) is 4.74 Å². The maximum absolute atomic E-state index is 5.64. The predicted molar refractivity (Wildman–Crippen MR) is 67.3 cm³/mol. The third kappa shape index (κ3) is 3.28. The quantitative estimate of drug-likeness (QED) is 0.919. The Morgan fingerprint density at radius 3 is 3.20 bits per heavy atom. The average molecular weight is 290 g/mol. The highest BCUT2D eigenvalue weighted by Crippen LogP contribution is 2.20. The third-order valence-electron chi connectivity index (χ3n) is 2.74. The van der Waals surface area contributed by atoms with Crippen molar-refractivity contribution in [2.24, 2.45) is 0 Å². The molecule has 1 fully saturated rings. The first kappa shape index (κ1) is 11.6. The Balaban J connectivity index is 1.77. The lowest BCUT2D eigenvalue weighted by atomic mass is 10.1. The summed E-state index contributed by atoms with van der Waals surface area (Å²) in [6.45, 7) is 4.08. The van der Waals surface area contributed by atoms with Gasteiger partial charge in [-0.1, -0.05) is 0 Å². The molecule has 4 heteroatoms. The van der Waals surface area contributed by atoms with E-state index < -0.39 is 0 Å². The minimum absolute atomic E-state index is 0.411. The van der Waals surface area contributed by atoms with Gasteiger partial charge in [-0.15, -0.1) is 11.3 Å². The summed E-state index contributed by atoms with van der Waals surface area (Å²) in [7, 11) is 0. The number of halogens is 1. The van der Waals surface area contributed by atoms with E-state index in [0.717, 1.165) is 13.2 Å². The van der Waals surface area contributed by atoms with Gasteiger partial charge in [-0.2, -0.15) is 0 Å². The van der Waals surface area contributed by atoms with Crippen LogP contribution in [0, 0.1) is 0 Å². The summed E-state index contributed by atoms with van der Waals surface area (Å²) >= 11 is 5.25. The van der Waals surface area contributed by atoms with Crippen LogP contribution in [0.15, 0.2) is 15.9 Å². The van der Waals surface area contributed by atoms with Gasteiger partial charge in [0.25, 0.3) is 0 Å². The van der Waals surface area contributed by atoms with Crippen LogP contribution >= 0.6 is 27.3 Å². The van der Waals surface area contributed by atoms with Gasteiger partial charge in [0.15, 0.2) is 0 Å². The van der Waals surface area contributed by atoms with Gasteiger partial charge in [0.2, 0.25) is 0 Å². The molecule has 2 atom stereocenters. The third-order valence-corrected chi connectivity index (χ3v) is 4.44. The van der Waals surface area contributed by atoms with E-state index in [-0.39, 0.29) is 0 Å². The standard InChI is InChI=1S/C11H16BrNOS/c1-8(11-3-2-4-14-11)13-6-10-5-9(12)7-15-10/h5,7-8,11,13H,2-4,6H2,1H3/t8-,11-/m0/s1. The van der Waals surface area contributed by atoms with Crippen molar-refractivity contribution < 1.29 is 4.74 Å². The molecule has 0 saturated carbocycles. The lowest BCUT2D eigenvalue weighted by Crippen LogP contribution is -2.36. The molecule has 0 aliphatic carbocycles. The molecule has 2 nitrogen and oxygen atoms in total. The summed E-state index contributed by atoms with van der Waals surface area (Å²) in [4.78, 5) is 1.37. The fraction of sp³-hybridized carbons (Fsp3) is 0.636. The highest BCUT2D eigenvalue weighted by Gasteiger charge is 2.21. The zero-order valence-electron chi connectivity index (χ0n) is 8.83. The molecule has 0 radical (unpaired) electrons. The number of hydrogen-bond acceptors (Lipinski definition) is 3. The van der Waals surface area contributed by atoms with Crippen LogP contribution in [0.5, 0.6) is 0 Å². The zero-order valence-corrected chi connectivity index (χ0v) is 11.2. The Morgan fingerprint density at radius 1 is 1.73 bits per heavy atom. The molecule has 0 amide bonds. The van der Waals surface area contributed by atoms with Gasteiger partial charge in [0, 0.05) is 33.9 Å². The molecule has 0 aromatic carbocycles. The smallest absolute Gasteiger partial charge is 0.0726 e. The summed E-state index contributed by atoms with van der Waals surface area (Å²) < 4.78 is 6.82. The van der Waals surface area contributed by atoms with E-state index >= 15 is 0 Å². The second-order valence-corrected chi connectivity index (χ2v) is 5.86. The second-order valence-electron chi connectivity index (χ2n) is 3.95. The van der Waals surface area contributed by atoms with Gasteiger partial charge in [-0.05, 0) is 41.8 Å². The van der Waals surface area contributed by atoms with Gasteiger partial charge in [-0.3, -0.25) is 0 Å². The van der Waals surface area contributed by atoms with Crippen molar-refractivity contribution in [2.45, 2.75) is 38.5 Å². The molecular weight excluding hydrogens is 274 g/mol. The molecule has 1 aromatic heterocycles. The number of ether oxygens (including phenoxy) is 1. The van der Waals surface area contributed by atoms with Crippen molar-refractivity contribution in [2.75, 3.05) is 6.61 Å². The molecule has 2 heterocycles. The van der Waals surface area contributed by atoms with Crippen molar-refractivity contribution in [1.82, 2.24) is 5.32 Å². The molecule has 84 valence electrons. The molecule has 1 aliphatic rings. The van der Waals surface area contributed by atoms with Crippen LogP contribution in [-0.2, 0) is 11.3 Å². The number of thiophene rings is 1.